The van der Waals surface area contributed by atoms with Gasteiger partial charge in [0, 0.05) is 25.4 Å². The Kier molecular flexibility index (Phi) is 2.74. The summed E-state index contributed by atoms with van der Waals surface area (Å²) in [6.07, 6.45) is 3.36. The van der Waals surface area contributed by atoms with Crippen LogP contribution in [0.1, 0.15) is 19.3 Å². The fourth-order valence-electron chi connectivity index (χ4n) is 2.44. The SMILES string of the molecule is O=c1c(N2CCCCC2)c(O)nc2n1CCS2. The maximum Gasteiger partial charge on any atom is 0.281 e. The molecular weight excluding hydrogens is 238 g/mol. The van der Waals surface area contributed by atoms with E-state index < -0.39 is 0 Å². The van der Waals surface area contributed by atoms with Crippen LogP contribution >= 0.6 is 11.8 Å². The Morgan fingerprint density at radius 3 is 2.71 bits per heavy atom. The van der Waals surface area contributed by atoms with Gasteiger partial charge in [-0.2, -0.15) is 4.98 Å². The van der Waals surface area contributed by atoms with E-state index in [4.69, 9.17) is 0 Å². The third-order valence-corrected chi connectivity index (χ3v) is 4.27. The van der Waals surface area contributed by atoms with Crippen LogP contribution in [-0.2, 0) is 6.54 Å². The Bertz CT molecular complexity index is 494. The van der Waals surface area contributed by atoms with Crippen molar-refractivity contribution in [1.29, 1.82) is 0 Å². The van der Waals surface area contributed by atoms with Gasteiger partial charge < -0.3 is 10.0 Å². The standard InChI is InChI=1S/C11H15N3O2S/c15-9-8(13-4-2-1-3-5-13)10(16)14-6-7-17-11(14)12-9/h15H,1-7H2. The third kappa shape index (κ3) is 1.80. The highest BCUT2D eigenvalue weighted by Gasteiger charge is 2.24. The lowest BCUT2D eigenvalue weighted by Gasteiger charge is -2.28. The van der Waals surface area contributed by atoms with E-state index in [-0.39, 0.29) is 11.4 Å². The molecule has 6 heteroatoms. The van der Waals surface area contributed by atoms with Crippen molar-refractivity contribution >= 4 is 17.4 Å². The van der Waals surface area contributed by atoms with Gasteiger partial charge in [-0.15, -0.1) is 0 Å². The Hall–Kier alpha value is -1.17. The molecule has 92 valence electrons. The minimum Gasteiger partial charge on any atom is -0.492 e. The molecule has 0 radical (unpaired) electrons. The fourth-order valence-corrected chi connectivity index (χ4v) is 3.38. The number of hydrogen-bond donors (Lipinski definition) is 1. The highest BCUT2D eigenvalue weighted by atomic mass is 32.2. The molecular formula is C11H15N3O2S. The Morgan fingerprint density at radius 2 is 1.94 bits per heavy atom. The Morgan fingerprint density at radius 1 is 1.18 bits per heavy atom. The number of anilines is 1. The summed E-state index contributed by atoms with van der Waals surface area (Å²) in [5, 5.41) is 10.6. The van der Waals surface area contributed by atoms with Gasteiger partial charge in [0.2, 0.25) is 5.88 Å². The first-order chi connectivity index (χ1) is 8.27. The zero-order valence-electron chi connectivity index (χ0n) is 9.56. The largest absolute Gasteiger partial charge is 0.492 e. The lowest BCUT2D eigenvalue weighted by Crippen LogP contribution is -2.36. The first-order valence-electron chi connectivity index (χ1n) is 5.99. The molecule has 1 aromatic heterocycles. The number of rotatable bonds is 1. The van der Waals surface area contributed by atoms with Gasteiger partial charge in [0.05, 0.1) is 0 Å². The summed E-state index contributed by atoms with van der Waals surface area (Å²) in [4.78, 5) is 18.4. The number of thioether (sulfide) groups is 1. The number of hydrogen-bond acceptors (Lipinski definition) is 5. The van der Waals surface area contributed by atoms with E-state index in [9.17, 15) is 9.90 Å². The average molecular weight is 253 g/mol. The van der Waals surface area contributed by atoms with Crippen molar-refractivity contribution in [3.8, 4) is 5.88 Å². The van der Waals surface area contributed by atoms with E-state index in [2.05, 4.69) is 4.98 Å². The zero-order valence-corrected chi connectivity index (χ0v) is 10.4. The van der Waals surface area contributed by atoms with E-state index in [0.29, 0.717) is 17.4 Å². The predicted octanol–water partition coefficient (Wildman–Crippen LogP) is 1.04. The van der Waals surface area contributed by atoms with Crippen molar-refractivity contribution in [2.75, 3.05) is 23.7 Å². The van der Waals surface area contributed by atoms with E-state index in [1.807, 2.05) is 4.90 Å². The van der Waals surface area contributed by atoms with Crippen LogP contribution in [0.25, 0.3) is 0 Å². The third-order valence-electron chi connectivity index (χ3n) is 3.31. The molecule has 1 saturated heterocycles. The van der Waals surface area contributed by atoms with Crippen molar-refractivity contribution in [2.45, 2.75) is 31.0 Å². The smallest absolute Gasteiger partial charge is 0.281 e. The molecule has 0 atom stereocenters. The van der Waals surface area contributed by atoms with Crippen LogP contribution in [0.15, 0.2) is 9.95 Å². The second-order valence-corrected chi connectivity index (χ2v) is 5.48. The first-order valence-corrected chi connectivity index (χ1v) is 6.97. The number of piperidine rings is 1. The van der Waals surface area contributed by atoms with Crippen LogP contribution < -0.4 is 10.5 Å². The molecule has 5 nitrogen and oxygen atoms in total. The zero-order chi connectivity index (χ0) is 11.8. The molecule has 2 aliphatic heterocycles. The number of aromatic nitrogens is 2. The van der Waals surface area contributed by atoms with Crippen molar-refractivity contribution in [3.05, 3.63) is 10.4 Å². The van der Waals surface area contributed by atoms with Crippen molar-refractivity contribution in [2.24, 2.45) is 0 Å². The van der Waals surface area contributed by atoms with Crippen LogP contribution in [0.4, 0.5) is 5.69 Å². The van der Waals surface area contributed by atoms with Crippen molar-refractivity contribution < 1.29 is 5.11 Å². The van der Waals surface area contributed by atoms with E-state index in [0.717, 1.165) is 31.7 Å². The lowest BCUT2D eigenvalue weighted by atomic mass is 10.1. The highest BCUT2D eigenvalue weighted by Crippen LogP contribution is 2.29. The first kappa shape index (κ1) is 11.0. The molecule has 3 rings (SSSR count). The van der Waals surface area contributed by atoms with Gasteiger partial charge in [0.15, 0.2) is 10.8 Å². The van der Waals surface area contributed by atoms with Gasteiger partial charge in [-0.25, -0.2) is 0 Å². The summed E-state index contributed by atoms with van der Waals surface area (Å²) in [6.45, 7) is 2.39. The second-order valence-electron chi connectivity index (χ2n) is 4.42. The molecule has 0 saturated carbocycles. The number of fused-ring (bicyclic) bond motifs is 1. The summed E-state index contributed by atoms with van der Waals surface area (Å²) in [5.41, 5.74) is 0.315. The summed E-state index contributed by atoms with van der Waals surface area (Å²) in [5.74, 6) is 0.767. The number of aromatic hydroxyl groups is 1. The van der Waals surface area contributed by atoms with E-state index in [1.165, 1.54) is 18.2 Å². The van der Waals surface area contributed by atoms with E-state index in [1.54, 1.807) is 4.57 Å². The maximum atomic E-state index is 12.3. The summed E-state index contributed by atoms with van der Waals surface area (Å²) < 4.78 is 1.67. The maximum absolute atomic E-state index is 12.3. The minimum absolute atomic E-state index is 0.0839. The van der Waals surface area contributed by atoms with Crippen molar-refractivity contribution in [1.82, 2.24) is 9.55 Å². The molecule has 0 spiro atoms. The molecule has 2 aliphatic rings. The van der Waals surface area contributed by atoms with Gasteiger partial charge >= 0.3 is 0 Å². The second kappa shape index (κ2) is 4.25. The molecule has 1 aromatic rings. The van der Waals surface area contributed by atoms with Crippen LogP contribution in [0.3, 0.4) is 0 Å². The van der Waals surface area contributed by atoms with Gasteiger partial charge in [0.1, 0.15) is 0 Å². The molecule has 0 aliphatic carbocycles. The normalized spacial score (nSPS) is 19.4. The molecule has 0 unspecified atom stereocenters. The minimum atomic E-state index is -0.0995. The molecule has 0 bridgehead atoms. The monoisotopic (exact) mass is 253 g/mol. The van der Waals surface area contributed by atoms with Gasteiger partial charge in [-0.3, -0.25) is 9.36 Å². The van der Waals surface area contributed by atoms with Crippen LogP contribution in [0, 0.1) is 0 Å². The quantitative estimate of drug-likeness (QED) is 0.758. The summed E-state index contributed by atoms with van der Waals surface area (Å²) in [7, 11) is 0. The Balaban J connectivity index is 2.07. The van der Waals surface area contributed by atoms with Crippen LogP contribution in [0.2, 0.25) is 0 Å². The lowest BCUT2D eigenvalue weighted by molar-refractivity contribution is 0.431. The highest BCUT2D eigenvalue weighted by molar-refractivity contribution is 7.99. The molecule has 0 amide bonds. The summed E-state index contributed by atoms with van der Waals surface area (Å²) in [6, 6.07) is 0. The average Bonchev–Trinajstić information content (AvgIpc) is 2.78. The van der Waals surface area contributed by atoms with Crippen LogP contribution in [0.5, 0.6) is 5.88 Å². The fraction of sp³-hybridized carbons (Fsp3) is 0.636. The molecule has 17 heavy (non-hydrogen) atoms. The van der Waals surface area contributed by atoms with Crippen LogP contribution in [-0.4, -0.2) is 33.5 Å². The number of nitrogens with zero attached hydrogens (tertiary/aromatic N) is 3. The molecule has 1 fully saturated rings. The molecule has 3 heterocycles. The predicted molar refractivity (Wildman–Crippen MR) is 66.9 cm³/mol. The topological polar surface area (TPSA) is 58.4 Å². The van der Waals surface area contributed by atoms with Gasteiger partial charge in [-0.1, -0.05) is 11.8 Å². The summed E-state index contributed by atoms with van der Waals surface area (Å²) >= 11 is 1.52. The molecule has 1 N–H and O–H groups in total. The van der Waals surface area contributed by atoms with Gasteiger partial charge in [0.25, 0.3) is 5.56 Å². The Labute approximate surface area is 103 Å². The van der Waals surface area contributed by atoms with Crippen molar-refractivity contribution in [3.63, 3.8) is 0 Å². The van der Waals surface area contributed by atoms with Gasteiger partial charge in [-0.05, 0) is 19.3 Å². The molecule has 0 aromatic carbocycles. The van der Waals surface area contributed by atoms with E-state index >= 15 is 0 Å².